The topological polar surface area (TPSA) is 39.3 Å². The second kappa shape index (κ2) is 12.1. The van der Waals surface area contributed by atoms with Crippen molar-refractivity contribution in [1.82, 2.24) is 20.9 Å². The van der Waals surface area contributed by atoms with E-state index in [1.165, 1.54) is 0 Å². The highest BCUT2D eigenvalue weighted by molar-refractivity contribution is 7.80. The molecule has 0 spiro atoms. The summed E-state index contributed by atoms with van der Waals surface area (Å²) in [6, 6.07) is 0. The molecule has 0 atom stereocenters. The predicted octanol–water partition coefficient (Wildman–Crippen LogP) is 1.68. The Morgan fingerprint density at radius 1 is 0.900 bits per heavy atom. The summed E-state index contributed by atoms with van der Waals surface area (Å²) < 4.78 is 0. The normalized spacial score (nSPS) is 10.2. The summed E-state index contributed by atoms with van der Waals surface area (Å²) in [5.41, 5.74) is 1.09. The van der Waals surface area contributed by atoms with E-state index in [-0.39, 0.29) is 0 Å². The molecule has 0 amide bonds. The zero-order valence-corrected chi connectivity index (χ0v) is 14.6. The largest absolute Gasteiger partial charge is 0.388 e. The van der Waals surface area contributed by atoms with Crippen molar-refractivity contribution < 1.29 is 0 Å². The van der Waals surface area contributed by atoms with Crippen LogP contribution in [-0.4, -0.2) is 54.1 Å². The Kier molecular flexibility index (Phi) is 11.6. The van der Waals surface area contributed by atoms with Crippen LogP contribution in [0.15, 0.2) is 12.3 Å². The van der Waals surface area contributed by atoms with E-state index in [1.54, 1.807) is 0 Å². The van der Waals surface area contributed by atoms with Crippen LogP contribution in [0.1, 0.15) is 27.2 Å². The number of nitrogens with zero attached hydrogens (tertiary/aromatic N) is 1. The third kappa shape index (κ3) is 12.3. The van der Waals surface area contributed by atoms with Crippen molar-refractivity contribution in [3.8, 4) is 0 Å². The molecule has 0 aliphatic rings. The molecule has 0 fully saturated rings. The van der Waals surface area contributed by atoms with E-state index < -0.39 is 0 Å². The molecule has 0 aromatic rings. The van der Waals surface area contributed by atoms with Crippen molar-refractivity contribution in [3.63, 3.8) is 0 Å². The summed E-state index contributed by atoms with van der Waals surface area (Å²) in [6.07, 6.45) is 0.970. The second-order valence-electron chi connectivity index (χ2n) is 4.69. The van der Waals surface area contributed by atoms with Crippen LogP contribution in [0.3, 0.4) is 0 Å². The lowest BCUT2D eigenvalue weighted by atomic mass is 10.3. The van der Waals surface area contributed by atoms with Crippen LogP contribution >= 0.6 is 24.4 Å². The van der Waals surface area contributed by atoms with Gasteiger partial charge in [0.1, 0.15) is 0 Å². The molecule has 0 aliphatic heterocycles. The van der Waals surface area contributed by atoms with Crippen molar-refractivity contribution in [1.29, 1.82) is 0 Å². The quantitative estimate of drug-likeness (QED) is 0.504. The first-order valence-corrected chi connectivity index (χ1v) is 7.90. The highest BCUT2D eigenvalue weighted by atomic mass is 32.1. The Morgan fingerprint density at radius 3 is 1.65 bits per heavy atom. The molecule has 0 unspecified atom stereocenters. The maximum atomic E-state index is 5.02. The average Bonchev–Trinajstić information content (AvgIpc) is 2.37. The van der Waals surface area contributed by atoms with E-state index in [9.17, 15) is 0 Å². The SMILES string of the molecule is C=C(CC)NCCN(CCNC(C)=S)CCNC(C)=S. The van der Waals surface area contributed by atoms with Crippen LogP contribution in [0.25, 0.3) is 0 Å². The van der Waals surface area contributed by atoms with Gasteiger partial charge >= 0.3 is 0 Å². The standard InChI is InChI=1S/C14H28N4S2/c1-5-12(2)15-6-9-18(10-7-16-13(3)19)11-8-17-14(4)20/h15H,2,5-11H2,1,3-4H3,(H,16,19)(H,17,20). The molecule has 0 saturated carbocycles. The number of rotatable bonds is 11. The van der Waals surface area contributed by atoms with E-state index in [0.29, 0.717) is 0 Å². The Hall–Kier alpha value is -0.720. The van der Waals surface area contributed by atoms with Gasteiger partial charge in [0.15, 0.2) is 0 Å². The molecule has 0 saturated heterocycles. The van der Waals surface area contributed by atoms with Crippen molar-refractivity contribution in [2.24, 2.45) is 0 Å². The van der Waals surface area contributed by atoms with Gasteiger partial charge in [-0.15, -0.1) is 0 Å². The van der Waals surface area contributed by atoms with Gasteiger partial charge in [0.2, 0.25) is 0 Å². The zero-order valence-electron chi connectivity index (χ0n) is 12.9. The predicted molar refractivity (Wildman–Crippen MR) is 96.4 cm³/mol. The zero-order chi connectivity index (χ0) is 15.4. The lowest BCUT2D eigenvalue weighted by molar-refractivity contribution is 0.284. The third-order valence-corrected chi connectivity index (χ3v) is 3.12. The number of thiocarbonyl (C=S) groups is 2. The number of hydrogen-bond donors (Lipinski definition) is 3. The van der Waals surface area contributed by atoms with E-state index in [4.69, 9.17) is 24.4 Å². The first kappa shape index (κ1) is 19.3. The minimum atomic E-state index is 0.843. The van der Waals surface area contributed by atoms with Crippen molar-refractivity contribution in [2.45, 2.75) is 27.2 Å². The summed E-state index contributed by atoms with van der Waals surface area (Å²) in [7, 11) is 0. The molecular formula is C14H28N4S2. The molecule has 0 bridgehead atoms. The summed E-state index contributed by atoms with van der Waals surface area (Å²) in [5, 5.41) is 9.71. The number of allylic oxidation sites excluding steroid dienone is 1. The first-order valence-electron chi connectivity index (χ1n) is 7.08. The van der Waals surface area contributed by atoms with Gasteiger partial charge in [-0.1, -0.05) is 37.9 Å². The molecule has 3 N–H and O–H groups in total. The highest BCUT2D eigenvalue weighted by Crippen LogP contribution is 1.91. The van der Waals surface area contributed by atoms with E-state index in [1.807, 2.05) is 13.8 Å². The van der Waals surface area contributed by atoms with Gasteiger partial charge in [-0.25, -0.2) is 0 Å². The van der Waals surface area contributed by atoms with Gasteiger partial charge in [-0.2, -0.15) is 0 Å². The summed E-state index contributed by atoms with van der Waals surface area (Å²) >= 11 is 10.0. The third-order valence-electron chi connectivity index (χ3n) is 2.83. The van der Waals surface area contributed by atoms with Crippen LogP contribution < -0.4 is 16.0 Å². The Bertz CT molecular complexity index is 298. The molecule has 0 aromatic heterocycles. The van der Waals surface area contributed by atoms with Crippen LogP contribution in [0.4, 0.5) is 0 Å². The fraction of sp³-hybridized carbons (Fsp3) is 0.714. The maximum Gasteiger partial charge on any atom is 0.0722 e. The van der Waals surface area contributed by atoms with Crippen LogP contribution in [0.5, 0.6) is 0 Å². The molecule has 0 radical (unpaired) electrons. The first-order chi connectivity index (χ1) is 9.45. The smallest absolute Gasteiger partial charge is 0.0722 e. The molecule has 4 nitrogen and oxygen atoms in total. The Balaban J connectivity index is 3.99. The molecule has 6 heteroatoms. The molecule has 0 heterocycles. The summed E-state index contributed by atoms with van der Waals surface area (Å²) in [4.78, 5) is 4.07. The molecule has 0 aliphatic carbocycles. The minimum Gasteiger partial charge on any atom is -0.388 e. The van der Waals surface area contributed by atoms with E-state index >= 15 is 0 Å². The lowest BCUT2D eigenvalue weighted by Gasteiger charge is -2.23. The van der Waals surface area contributed by atoms with Gasteiger partial charge < -0.3 is 16.0 Å². The van der Waals surface area contributed by atoms with Crippen molar-refractivity contribution >= 4 is 34.4 Å². The lowest BCUT2D eigenvalue weighted by Crippen LogP contribution is -2.41. The molecule has 20 heavy (non-hydrogen) atoms. The fourth-order valence-corrected chi connectivity index (χ4v) is 1.84. The van der Waals surface area contributed by atoms with Crippen LogP contribution in [-0.2, 0) is 0 Å². The molecule has 116 valence electrons. The van der Waals surface area contributed by atoms with Crippen molar-refractivity contribution in [2.75, 3.05) is 39.3 Å². The van der Waals surface area contributed by atoms with Gasteiger partial charge in [0.05, 0.1) is 9.98 Å². The average molecular weight is 317 g/mol. The molecule has 0 rings (SSSR count). The monoisotopic (exact) mass is 316 g/mol. The Labute approximate surface area is 134 Å². The van der Waals surface area contributed by atoms with Gasteiger partial charge in [0.25, 0.3) is 0 Å². The summed E-state index contributed by atoms with van der Waals surface area (Å²) in [6.45, 7) is 15.4. The number of hydrogen-bond acceptors (Lipinski definition) is 4. The summed E-state index contributed by atoms with van der Waals surface area (Å²) in [5.74, 6) is 0. The van der Waals surface area contributed by atoms with Crippen LogP contribution in [0.2, 0.25) is 0 Å². The number of nitrogens with one attached hydrogen (secondary N) is 3. The Morgan fingerprint density at radius 2 is 1.30 bits per heavy atom. The second-order valence-corrected chi connectivity index (χ2v) is 5.92. The van der Waals surface area contributed by atoms with Crippen LogP contribution in [0, 0.1) is 0 Å². The van der Waals surface area contributed by atoms with Gasteiger partial charge in [-0.3, -0.25) is 4.90 Å². The molecule has 0 aromatic carbocycles. The van der Waals surface area contributed by atoms with E-state index in [2.05, 4.69) is 34.4 Å². The van der Waals surface area contributed by atoms with Gasteiger partial charge in [0, 0.05) is 45.0 Å². The van der Waals surface area contributed by atoms with Gasteiger partial charge in [-0.05, 0) is 20.3 Å². The highest BCUT2D eigenvalue weighted by Gasteiger charge is 2.04. The van der Waals surface area contributed by atoms with Crippen molar-refractivity contribution in [3.05, 3.63) is 12.3 Å². The molecular weight excluding hydrogens is 288 g/mol. The van der Waals surface area contributed by atoms with E-state index in [0.717, 1.165) is 61.4 Å². The maximum absolute atomic E-state index is 5.02. The minimum absolute atomic E-state index is 0.843. The fourth-order valence-electron chi connectivity index (χ4n) is 1.63.